The highest BCUT2D eigenvalue weighted by atomic mass is 16.3. The van der Waals surface area contributed by atoms with Crippen molar-refractivity contribution in [1.82, 2.24) is 0 Å². The van der Waals surface area contributed by atoms with E-state index in [0.717, 1.165) is 88.8 Å². The molecule has 0 fully saturated rings. The molecule has 0 radical (unpaired) electrons. The molecule has 2 aromatic heterocycles. The summed E-state index contributed by atoms with van der Waals surface area (Å²) in [5.74, 6) is 0. The van der Waals surface area contributed by atoms with Crippen LogP contribution < -0.4 is 9.80 Å². The summed E-state index contributed by atoms with van der Waals surface area (Å²) in [5, 5.41) is 11.4. The third-order valence-corrected chi connectivity index (χ3v) is 11.1. The number of hydrogen-bond acceptors (Lipinski definition) is 4. The molecule has 264 valence electrons. The zero-order valence-electron chi connectivity index (χ0n) is 30.4. The van der Waals surface area contributed by atoms with Crippen molar-refractivity contribution in [3.05, 3.63) is 201 Å². The molecule has 9 aromatic carbocycles. The summed E-state index contributed by atoms with van der Waals surface area (Å²) in [4.78, 5) is 4.68. The summed E-state index contributed by atoms with van der Waals surface area (Å²) < 4.78 is 12.8. The monoisotopic (exact) mass is 718 g/mol. The number of nitrogens with zero attached hydrogens (tertiary/aromatic N) is 2. The molecule has 56 heavy (non-hydrogen) atoms. The van der Waals surface area contributed by atoms with Gasteiger partial charge in [0.1, 0.15) is 22.3 Å². The fraction of sp³-hybridized carbons (Fsp3) is 0. The Bertz CT molecular complexity index is 3370. The van der Waals surface area contributed by atoms with Crippen molar-refractivity contribution in [2.75, 3.05) is 9.80 Å². The predicted octanol–water partition coefficient (Wildman–Crippen LogP) is 15.2. The van der Waals surface area contributed by atoms with Crippen molar-refractivity contribution in [3.8, 4) is 0 Å². The van der Waals surface area contributed by atoms with Gasteiger partial charge in [-0.3, -0.25) is 0 Å². The van der Waals surface area contributed by atoms with Crippen LogP contribution in [0.25, 0.3) is 76.2 Å². The minimum absolute atomic E-state index is 0.833. The van der Waals surface area contributed by atoms with Crippen molar-refractivity contribution in [2.45, 2.75) is 0 Å². The first-order valence-electron chi connectivity index (χ1n) is 18.8. The second-order valence-corrected chi connectivity index (χ2v) is 14.1. The second-order valence-electron chi connectivity index (χ2n) is 14.1. The topological polar surface area (TPSA) is 32.8 Å². The molecular formula is C52H34N2O2. The van der Waals surface area contributed by atoms with Gasteiger partial charge in [-0.05, 0) is 94.4 Å². The molecule has 11 aromatic rings. The van der Waals surface area contributed by atoms with E-state index in [1.807, 2.05) is 48.6 Å². The van der Waals surface area contributed by atoms with Gasteiger partial charge in [0.25, 0.3) is 0 Å². The Balaban J connectivity index is 1.21. The van der Waals surface area contributed by atoms with E-state index in [0.29, 0.717) is 0 Å². The fourth-order valence-corrected chi connectivity index (χ4v) is 8.79. The van der Waals surface area contributed by atoms with Crippen LogP contribution in [0.1, 0.15) is 0 Å². The average molecular weight is 719 g/mol. The summed E-state index contributed by atoms with van der Waals surface area (Å²) >= 11 is 0. The molecule has 11 rings (SSSR count). The lowest BCUT2D eigenvalue weighted by Crippen LogP contribution is -2.16. The van der Waals surface area contributed by atoms with Gasteiger partial charge in [-0.25, -0.2) is 0 Å². The van der Waals surface area contributed by atoms with E-state index >= 15 is 0 Å². The van der Waals surface area contributed by atoms with Gasteiger partial charge in [-0.15, -0.1) is 0 Å². The molecule has 0 unspecified atom stereocenters. The summed E-state index contributed by atoms with van der Waals surface area (Å²) in [6.45, 7) is 8.35. The van der Waals surface area contributed by atoms with Gasteiger partial charge in [0, 0.05) is 32.9 Å². The van der Waals surface area contributed by atoms with E-state index in [1.165, 1.54) is 21.5 Å². The van der Waals surface area contributed by atoms with Crippen LogP contribution >= 0.6 is 0 Å². The molecule has 0 saturated heterocycles. The Morgan fingerprint density at radius 1 is 0.411 bits per heavy atom. The van der Waals surface area contributed by atoms with Gasteiger partial charge < -0.3 is 18.6 Å². The van der Waals surface area contributed by atoms with Crippen molar-refractivity contribution >= 4 is 105 Å². The molecule has 2 heterocycles. The lowest BCUT2D eigenvalue weighted by Gasteiger charge is -2.30. The molecule has 0 amide bonds. The number of furan rings is 2. The molecule has 0 N–H and O–H groups in total. The van der Waals surface area contributed by atoms with E-state index in [1.54, 1.807) is 0 Å². The second kappa shape index (κ2) is 12.5. The van der Waals surface area contributed by atoms with Gasteiger partial charge in [-0.1, -0.05) is 122 Å². The number of para-hydroxylation sites is 3. The maximum Gasteiger partial charge on any atom is 0.137 e. The van der Waals surface area contributed by atoms with Crippen LogP contribution in [-0.2, 0) is 0 Å². The molecule has 4 heteroatoms. The van der Waals surface area contributed by atoms with Gasteiger partial charge in [0.05, 0.1) is 33.5 Å². The quantitative estimate of drug-likeness (QED) is 0.116. The van der Waals surface area contributed by atoms with E-state index in [-0.39, 0.29) is 0 Å². The predicted molar refractivity (Wildman–Crippen MR) is 236 cm³/mol. The molecule has 0 aliphatic rings. The summed E-state index contributed by atoms with van der Waals surface area (Å²) in [6, 6.07) is 57.8. The maximum atomic E-state index is 6.40. The van der Waals surface area contributed by atoms with E-state index < -0.39 is 0 Å². The smallest absolute Gasteiger partial charge is 0.137 e. The standard InChI is InChI=1S/C52H34N2O2/c1-3-14-35(4-2)53(43-19-12-23-47-51(43)39-17-8-10-21-45(39)55-47)41-31-27-33-26-30-38-42(32-28-34-25-29-37(41)49(33)50(34)38)54(36-15-6-5-7-16-36)44-20-13-24-48-52(44)40-18-9-11-22-46(40)56-48/h3-32H,1-2H2/b35-14+. The lowest BCUT2D eigenvalue weighted by molar-refractivity contribution is 0.668. The minimum Gasteiger partial charge on any atom is -0.456 e. The van der Waals surface area contributed by atoms with Crippen LogP contribution in [0.5, 0.6) is 0 Å². The van der Waals surface area contributed by atoms with Gasteiger partial charge in [-0.2, -0.15) is 0 Å². The highest BCUT2D eigenvalue weighted by Gasteiger charge is 2.25. The molecule has 0 atom stereocenters. The Labute approximate surface area is 323 Å². The van der Waals surface area contributed by atoms with Crippen LogP contribution in [0.3, 0.4) is 0 Å². The normalized spacial score (nSPS) is 12.2. The van der Waals surface area contributed by atoms with Crippen molar-refractivity contribution in [2.24, 2.45) is 0 Å². The number of anilines is 5. The van der Waals surface area contributed by atoms with E-state index in [2.05, 4.69) is 156 Å². The van der Waals surface area contributed by atoms with Crippen LogP contribution in [0.15, 0.2) is 210 Å². The third-order valence-electron chi connectivity index (χ3n) is 11.1. The Morgan fingerprint density at radius 2 is 0.929 bits per heavy atom. The number of hydrogen-bond donors (Lipinski definition) is 0. The molecular weight excluding hydrogens is 685 g/mol. The molecule has 0 bridgehead atoms. The zero-order valence-corrected chi connectivity index (χ0v) is 30.4. The van der Waals surface area contributed by atoms with Crippen LogP contribution in [0.4, 0.5) is 28.4 Å². The maximum absolute atomic E-state index is 6.40. The number of benzene rings is 9. The largest absolute Gasteiger partial charge is 0.456 e. The van der Waals surface area contributed by atoms with Crippen LogP contribution in [0, 0.1) is 0 Å². The highest BCUT2D eigenvalue weighted by molar-refractivity contribution is 6.29. The van der Waals surface area contributed by atoms with E-state index in [9.17, 15) is 0 Å². The summed E-state index contributed by atoms with van der Waals surface area (Å²) in [7, 11) is 0. The Kier molecular flexibility index (Phi) is 7.13. The van der Waals surface area contributed by atoms with Gasteiger partial charge in [0.15, 0.2) is 0 Å². The first-order chi connectivity index (χ1) is 27.7. The highest BCUT2D eigenvalue weighted by Crippen LogP contribution is 2.50. The number of fused-ring (bicyclic) bond motifs is 6. The zero-order chi connectivity index (χ0) is 37.3. The third kappa shape index (κ3) is 4.66. The first-order valence-corrected chi connectivity index (χ1v) is 18.8. The SMILES string of the molecule is C=C/C=C(\C=C)N(c1ccc2ccc3c(N(c4ccccc4)c4cccc5oc6ccccc6c45)ccc4ccc1c2c43)c1cccc2oc3ccccc3c12. The van der Waals surface area contributed by atoms with Gasteiger partial charge >= 0.3 is 0 Å². The Hall–Kier alpha value is -7.56. The van der Waals surface area contributed by atoms with Crippen molar-refractivity contribution in [3.63, 3.8) is 0 Å². The number of allylic oxidation sites excluding steroid dienone is 3. The van der Waals surface area contributed by atoms with Crippen molar-refractivity contribution < 1.29 is 8.83 Å². The summed E-state index contributed by atoms with van der Waals surface area (Å²) in [6.07, 6.45) is 5.74. The lowest BCUT2D eigenvalue weighted by atomic mass is 9.91. The molecule has 0 aliphatic heterocycles. The van der Waals surface area contributed by atoms with Gasteiger partial charge in [0.2, 0.25) is 0 Å². The molecule has 0 saturated carbocycles. The number of rotatable bonds is 8. The molecule has 0 aliphatic carbocycles. The van der Waals surface area contributed by atoms with Crippen LogP contribution in [-0.4, -0.2) is 0 Å². The average Bonchev–Trinajstić information content (AvgIpc) is 3.83. The van der Waals surface area contributed by atoms with Crippen LogP contribution in [0.2, 0.25) is 0 Å². The van der Waals surface area contributed by atoms with E-state index in [4.69, 9.17) is 8.83 Å². The molecule has 0 spiro atoms. The summed E-state index contributed by atoms with van der Waals surface area (Å²) in [5.41, 5.74) is 9.59. The first kappa shape index (κ1) is 31.9. The van der Waals surface area contributed by atoms with Crippen molar-refractivity contribution in [1.29, 1.82) is 0 Å². The molecule has 4 nitrogen and oxygen atoms in total. The fourth-order valence-electron chi connectivity index (χ4n) is 8.79. The Morgan fingerprint density at radius 3 is 1.55 bits per heavy atom. The minimum atomic E-state index is 0.833.